The number of hydrogen-bond acceptors (Lipinski definition) is 3. The minimum atomic E-state index is -0.194. The van der Waals surface area contributed by atoms with E-state index in [1.807, 2.05) is 0 Å². The van der Waals surface area contributed by atoms with Crippen molar-refractivity contribution in [1.29, 1.82) is 0 Å². The molecule has 1 aromatic carbocycles. The Kier molecular flexibility index (Phi) is 4.59. The van der Waals surface area contributed by atoms with E-state index in [1.165, 1.54) is 0 Å². The predicted molar refractivity (Wildman–Crippen MR) is 87.7 cm³/mol. The summed E-state index contributed by atoms with van der Waals surface area (Å²) in [5.41, 5.74) is 0.643. The fourth-order valence-corrected chi connectivity index (χ4v) is 2.85. The van der Waals surface area contributed by atoms with Gasteiger partial charge in [0.15, 0.2) is 5.76 Å². The number of halogens is 2. The Bertz CT molecular complexity index is 737. The summed E-state index contributed by atoms with van der Waals surface area (Å²) >= 11 is 12.1. The smallest absolute Gasteiger partial charge is 0.289 e. The Morgan fingerprint density at radius 1 is 1.09 bits per heavy atom. The Balaban J connectivity index is 1.78. The fourth-order valence-electron chi connectivity index (χ4n) is 2.47. The molecule has 0 bridgehead atoms. The second-order valence-electron chi connectivity index (χ2n) is 5.22. The molecule has 1 aliphatic heterocycles. The molecule has 3 rings (SSSR count). The van der Waals surface area contributed by atoms with Crippen molar-refractivity contribution >= 4 is 35.5 Å². The minimum absolute atomic E-state index is 0.194. The van der Waals surface area contributed by atoms with Crippen LogP contribution in [0.3, 0.4) is 0 Å². The summed E-state index contributed by atoms with van der Waals surface area (Å²) in [6.45, 7) is 2.04. The van der Waals surface area contributed by atoms with Crippen LogP contribution in [0.25, 0.3) is 11.3 Å². The molecule has 120 valence electrons. The van der Waals surface area contributed by atoms with Gasteiger partial charge in [0.05, 0.1) is 5.02 Å². The van der Waals surface area contributed by atoms with Crippen LogP contribution in [0.15, 0.2) is 34.7 Å². The molecule has 5 nitrogen and oxygen atoms in total. The number of benzene rings is 1. The molecule has 0 radical (unpaired) electrons. The van der Waals surface area contributed by atoms with Crippen molar-refractivity contribution in [3.8, 4) is 11.3 Å². The van der Waals surface area contributed by atoms with Crippen LogP contribution in [0.2, 0.25) is 10.0 Å². The van der Waals surface area contributed by atoms with E-state index < -0.39 is 0 Å². The number of rotatable bonds is 3. The lowest BCUT2D eigenvalue weighted by molar-refractivity contribution is -0.119. The van der Waals surface area contributed by atoms with Gasteiger partial charge in [0, 0.05) is 36.8 Å². The lowest BCUT2D eigenvalue weighted by Gasteiger charge is -2.31. The number of nitrogens with zero attached hydrogens (tertiary/aromatic N) is 2. The van der Waals surface area contributed by atoms with Crippen molar-refractivity contribution in [3.63, 3.8) is 0 Å². The summed E-state index contributed by atoms with van der Waals surface area (Å²) in [6.07, 6.45) is 0.800. The van der Waals surface area contributed by atoms with Crippen molar-refractivity contribution in [2.24, 2.45) is 0 Å². The van der Waals surface area contributed by atoms with Gasteiger partial charge in [0.25, 0.3) is 5.91 Å². The average molecular weight is 353 g/mol. The van der Waals surface area contributed by atoms with E-state index in [9.17, 15) is 9.59 Å². The van der Waals surface area contributed by atoms with Crippen molar-refractivity contribution in [2.75, 3.05) is 26.2 Å². The molecule has 2 heterocycles. The van der Waals surface area contributed by atoms with Crippen LogP contribution < -0.4 is 0 Å². The molecule has 1 aliphatic rings. The molecule has 0 unspecified atom stereocenters. The molecule has 0 N–H and O–H groups in total. The molecule has 1 saturated heterocycles. The normalized spacial score (nSPS) is 14.9. The van der Waals surface area contributed by atoms with E-state index in [2.05, 4.69) is 0 Å². The third-order valence-electron chi connectivity index (χ3n) is 3.76. The summed E-state index contributed by atoms with van der Waals surface area (Å²) in [7, 11) is 0. The highest BCUT2D eigenvalue weighted by Gasteiger charge is 2.24. The lowest BCUT2D eigenvalue weighted by Crippen LogP contribution is -2.48. The standard InChI is InChI=1S/C16H14Cl2N2O3/c17-11-1-2-13(18)12(9-11)14-3-4-15(23-14)16(22)20-7-5-19(10-21)6-8-20/h1-4,9-10H,5-8H2. The van der Waals surface area contributed by atoms with Gasteiger partial charge in [-0.3, -0.25) is 9.59 Å². The van der Waals surface area contributed by atoms with E-state index in [0.717, 1.165) is 6.41 Å². The third kappa shape index (κ3) is 3.35. The molecule has 2 amide bonds. The van der Waals surface area contributed by atoms with E-state index in [1.54, 1.807) is 40.1 Å². The van der Waals surface area contributed by atoms with Crippen LogP contribution in [-0.4, -0.2) is 48.3 Å². The van der Waals surface area contributed by atoms with Crippen LogP contribution in [-0.2, 0) is 4.79 Å². The highest BCUT2D eigenvalue weighted by atomic mass is 35.5. The number of carbonyl (C=O) groups excluding carboxylic acids is 2. The maximum atomic E-state index is 12.5. The number of furan rings is 1. The van der Waals surface area contributed by atoms with Gasteiger partial charge in [0.1, 0.15) is 5.76 Å². The highest BCUT2D eigenvalue weighted by molar-refractivity contribution is 6.35. The van der Waals surface area contributed by atoms with E-state index in [-0.39, 0.29) is 11.7 Å². The number of carbonyl (C=O) groups is 2. The number of hydrogen-bond donors (Lipinski definition) is 0. The first-order valence-electron chi connectivity index (χ1n) is 7.12. The predicted octanol–water partition coefficient (Wildman–Crippen LogP) is 3.17. The van der Waals surface area contributed by atoms with Crippen molar-refractivity contribution in [3.05, 3.63) is 46.1 Å². The van der Waals surface area contributed by atoms with Crippen LogP contribution in [0.1, 0.15) is 10.6 Å². The third-order valence-corrected chi connectivity index (χ3v) is 4.33. The SMILES string of the molecule is O=CN1CCN(C(=O)c2ccc(-c3cc(Cl)ccc3Cl)o2)CC1. The largest absolute Gasteiger partial charge is 0.451 e. The zero-order valence-corrected chi connectivity index (χ0v) is 13.7. The molecule has 0 aliphatic carbocycles. The van der Waals surface area contributed by atoms with Gasteiger partial charge in [-0.05, 0) is 30.3 Å². The Morgan fingerprint density at radius 2 is 1.83 bits per heavy atom. The summed E-state index contributed by atoms with van der Waals surface area (Å²) < 4.78 is 5.66. The molecule has 1 fully saturated rings. The molecule has 0 atom stereocenters. The fraction of sp³-hybridized carbons (Fsp3) is 0.250. The van der Waals surface area contributed by atoms with Crippen molar-refractivity contribution in [2.45, 2.75) is 0 Å². The van der Waals surface area contributed by atoms with E-state index in [0.29, 0.717) is 47.5 Å². The van der Waals surface area contributed by atoms with Crippen molar-refractivity contribution in [1.82, 2.24) is 9.80 Å². The van der Waals surface area contributed by atoms with Gasteiger partial charge in [0.2, 0.25) is 6.41 Å². The van der Waals surface area contributed by atoms with Gasteiger partial charge >= 0.3 is 0 Å². The molecule has 0 saturated carbocycles. The molecule has 1 aromatic heterocycles. The van der Waals surface area contributed by atoms with Gasteiger partial charge in [-0.2, -0.15) is 0 Å². The Labute approximate surface area is 143 Å². The molecule has 23 heavy (non-hydrogen) atoms. The lowest BCUT2D eigenvalue weighted by atomic mass is 10.2. The molecule has 2 aromatic rings. The minimum Gasteiger partial charge on any atom is -0.451 e. The van der Waals surface area contributed by atoms with Gasteiger partial charge in [-0.1, -0.05) is 23.2 Å². The molecule has 0 spiro atoms. The maximum absolute atomic E-state index is 12.5. The monoisotopic (exact) mass is 352 g/mol. The number of piperazine rings is 1. The summed E-state index contributed by atoms with van der Waals surface area (Å²) in [5, 5.41) is 1.04. The topological polar surface area (TPSA) is 53.8 Å². The van der Waals surface area contributed by atoms with Crippen LogP contribution >= 0.6 is 23.2 Å². The summed E-state index contributed by atoms with van der Waals surface area (Å²) in [5.74, 6) is 0.544. The van der Waals surface area contributed by atoms with Gasteiger partial charge in [-0.15, -0.1) is 0 Å². The zero-order chi connectivity index (χ0) is 16.4. The summed E-state index contributed by atoms with van der Waals surface area (Å²) in [4.78, 5) is 26.5. The molecular formula is C16H14Cl2N2O3. The maximum Gasteiger partial charge on any atom is 0.289 e. The molecule has 7 heteroatoms. The van der Waals surface area contributed by atoms with Crippen LogP contribution in [0, 0.1) is 0 Å². The quantitative estimate of drug-likeness (QED) is 0.797. The zero-order valence-electron chi connectivity index (χ0n) is 12.2. The average Bonchev–Trinajstić information content (AvgIpc) is 3.06. The first-order valence-corrected chi connectivity index (χ1v) is 7.88. The Morgan fingerprint density at radius 3 is 2.52 bits per heavy atom. The second-order valence-corrected chi connectivity index (χ2v) is 6.07. The van der Waals surface area contributed by atoms with Gasteiger partial charge in [-0.25, -0.2) is 0 Å². The number of amides is 2. The van der Waals surface area contributed by atoms with Gasteiger partial charge < -0.3 is 14.2 Å². The first kappa shape index (κ1) is 15.9. The molecular weight excluding hydrogens is 339 g/mol. The Hall–Kier alpha value is -1.98. The van der Waals surface area contributed by atoms with E-state index >= 15 is 0 Å². The van der Waals surface area contributed by atoms with Crippen LogP contribution in [0.5, 0.6) is 0 Å². The highest BCUT2D eigenvalue weighted by Crippen LogP contribution is 2.32. The second kappa shape index (κ2) is 6.64. The summed E-state index contributed by atoms with van der Waals surface area (Å²) in [6, 6.07) is 8.39. The van der Waals surface area contributed by atoms with E-state index in [4.69, 9.17) is 27.6 Å². The first-order chi connectivity index (χ1) is 11.1. The van der Waals surface area contributed by atoms with Crippen molar-refractivity contribution < 1.29 is 14.0 Å². The van der Waals surface area contributed by atoms with Crippen LogP contribution in [0.4, 0.5) is 0 Å².